The number of benzene rings is 2. The second kappa shape index (κ2) is 6.04. The van der Waals surface area contributed by atoms with Crippen molar-refractivity contribution in [1.29, 1.82) is 0 Å². The Morgan fingerprint density at radius 1 is 1.05 bits per heavy atom. The van der Waals surface area contributed by atoms with E-state index >= 15 is 0 Å². The number of rotatable bonds is 4. The van der Waals surface area contributed by atoms with Gasteiger partial charge in [0.25, 0.3) is 0 Å². The second-order valence-corrected chi connectivity index (χ2v) is 5.95. The number of hydrogen-bond acceptors (Lipinski definition) is 1. The van der Waals surface area contributed by atoms with E-state index in [1.165, 1.54) is 5.56 Å². The Morgan fingerprint density at radius 2 is 1.80 bits per heavy atom. The highest BCUT2D eigenvalue weighted by Gasteiger charge is 2.12. The lowest BCUT2D eigenvalue weighted by Gasteiger charge is -2.09. The highest BCUT2D eigenvalue weighted by atomic mass is 16.1. The van der Waals surface area contributed by atoms with Crippen molar-refractivity contribution in [2.45, 2.75) is 34.1 Å². The fourth-order valence-electron chi connectivity index (χ4n) is 2.45. The van der Waals surface area contributed by atoms with Gasteiger partial charge in [-0.25, -0.2) is 0 Å². The first-order valence-electron chi connectivity index (χ1n) is 7.18. The molecule has 1 heteroatoms. The molecule has 0 saturated heterocycles. The van der Waals surface area contributed by atoms with Crippen LogP contribution in [-0.4, -0.2) is 5.78 Å². The molecule has 0 heterocycles. The Bertz CT molecular complexity index is 623. The summed E-state index contributed by atoms with van der Waals surface area (Å²) in [5.74, 6) is 0.720. The van der Waals surface area contributed by atoms with Crippen molar-refractivity contribution >= 4 is 5.78 Å². The largest absolute Gasteiger partial charge is 0.289 e. The summed E-state index contributed by atoms with van der Waals surface area (Å²) in [6.45, 7) is 8.40. The van der Waals surface area contributed by atoms with Crippen molar-refractivity contribution in [2.24, 2.45) is 5.92 Å². The molecular weight excluding hydrogens is 244 g/mol. The van der Waals surface area contributed by atoms with E-state index < -0.39 is 0 Å². The highest BCUT2D eigenvalue weighted by Crippen LogP contribution is 2.18. The second-order valence-electron chi connectivity index (χ2n) is 5.95. The Labute approximate surface area is 121 Å². The van der Waals surface area contributed by atoms with Gasteiger partial charge in [0.2, 0.25) is 0 Å². The van der Waals surface area contributed by atoms with E-state index in [9.17, 15) is 4.79 Å². The van der Waals surface area contributed by atoms with Crippen molar-refractivity contribution in [1.82, 2.24) is 0 Å². The SMILES string of the molecule is Cc1ccc(C)c(C(=O)c2cccc(CC(C)C)c2)c1. The Morgan fingerprint density at radius 3 is 2.50 bits per heavy atom. The maximum absolute atomic E-state index is 12.7. The zero-order valence-corrected chi connectivity index (χ0v) is 12.7. The van der Waals surface area contributed by atoms with E-state index in [0.717, 1.165) is 28.7 Å². The zero-order valence-electron chi connectivity index (χ0n) is 12.7. The van der Waals surface area contributed by atoms with Crippen molar-refractivity contribution in [3.63, 3.8) is 0 Å². The van der Waals surface area contributed by atoms with Crippen LogP contribution in [0.2, 0.25) is 0 Å². The summed E-state index contributed by atoms with van der Waals surface area (Å²) in [5, 5.41) is 0. The van der Waals surface area contributed by atoms with E-state index in [1.807, 2.05) is 50.2 Å². The van der Waals surface area contributed by atoms with Crippen molar-refractivity contribution in [3.05, 3.63) is 70.3 Å². The molecule has 0 bridgehead atoms. The van der Waals surface area contributed by atoms with E-state index in [0.29, 0.717) is 5.92 Å². The summed E-state index contributed by atoms with van der Waals surface area (Å²) in [4.78, 5) is 12.7. The fourth-order valence-corrected chi connectivity index (χ4v) is 2.45. The molecule has 0 aliphatic rings. The molecule has 1 nitrogen and oxygen atoms in total. The van der Waals surface area contributed by atoms with Crippen LogP contribution in [0.25, 0.3) is 0 Å². The molecule has 0 atom stereocenters. The van der Waals surface area contributed by atoms with Gasteiger partial charge in [-0.15, -0.1) is 0 Å². The first-order chi connectivity index (χ1) is 9.47. The molecular formula is C19H22O. The molecule has 2 rings (SSSR count). The number of hydrogen-bond donors (Lipinski definition) is 0. The van der Waals surface area contributed by atoms with Gasteiger partial charge in [0.1, 0.15) is 0 Å². The summed E-state index contributed by atoms with van der Waals surface area (Å²) in [7, 11) is 0. The molecule has 0 radical (unpaired) electrons. The molecule has 0 amide bonds. The number of aryl methyl sites for hydroxylation is 2. The van der Waals surface area contributed by atoms with E-state index in [4.69, 9.17) is 0 Å². The molecule has 0 spiro atoms. The summed E-state index contributed by atoms with van der Waals surface area (Å²) < 4.78 is 0. The molecule has 0 aliphatic carbocycles. The molecule has 0 aromatic heterocycles. The van der Waals surface area contributed by atoms with Crippen LogP contribution in [0.3, 0.4) is 0 Å². The van der Waals surface area contributed by atoms with E-state index in [1.54, 1.807) is 0 Å². The molecule has 0 aliphatic heterocycles. The van der Waals surface area contributed by atoms with Gasteiger partial charge >= 0.3 is 0 Å². The predicted molar refractivity (Wildman–Crippen MR) is 84.3 cm³/mol. The van der Waals surface area contributed by atoms with Crippen LogP contribution in [0.1, 0.15) is 46.5 Å². The van der Waals surface area contributed by atoms with Crippen LogP contribution in [0.4, 0.5) is 0 Å². The Kier molecular flexibility index (Phi) is 4.39. The minimum atomic E-state index is 0.122. The van der Waals surface area contributed by atoms with Crippen LogP contribution < -0.4 is 0 Å². The average molecular weight is 266 g/mol. The molecule has 0 saturated carbocycles. The van der Waals surface area contributed by atoms with Gasteiger partial charge in [0, 0.05) is 11.1 Å². The van der Waals surface area contributed by atoms with Crippen molar-refractivity contribution in [2.75, 3.05) is 0 Å². The van der Waals surface area contributed by atoms with Gasteiger partial charge in [-0.1, -0.05) is 49.7 Å². The minimum Gasteiger partial charge on any atom is -0.289 e. The summed E-state index contributed by atoms with van der Waals surface area (Å²) >= 11 is 0. The zero-order chi connectivity index (χ0) is 14.7. The van der Waals surface area contributed by atoms with Gasteiger partial charge in [-0.2, -0.15) is 0 Å². The van der Waals surface area contributed by atoms with Gasteiger partial charge in [0.15, 0.2) is 5.78 Å². The molecule has 0 N–H and O–H groups in total. The predicted octanol–water partition coefficient (Wildman–Crippen LogP) is 4.73. The van der Waals surface area contributed by atoms with E-state index in [-0.39, 0.29) is 5.78 Å². The summed E-state index contributed by atoms with van der Waals surface area (Å²) in [5.41, 5.74) is 4.99. The van der Waals surface area contributed by atoms with Gasteiger partial charge in [-0.3, -0.25) is 4.79 Å². The summed E-state index contributed by atoms with van der Waals surface area (Å²) in [6.07, 6.45) is 1.01. The first kappa shape index (κ1) is 14.5. The van der Waals surface area contributed by atoms with Gasteiger partial charge in [-0.05, 0) is 49.4 Å². The maximum atomic E-state index is 12.7. The smallest absolute Gasteiger partial charge is 0.193 e. The van der Waals surface area contributed by atoms with Crippen LogP contribution >= 0.6 is 0 Å². The van der Waals surface area contributed by atoms with Crippen molar-refractivity contribution < 1.29 is 4.79 Å². The third-order valence-electron chi connectivity index (χ3n) is 3.47. The lowest BCUT2D eigenvalue weighted by Crippen LogP contribution is -2.05. The number of ketones is 1. The number of carbonyl (C=O) groups is 1. The topological polar surface area (TPSA) is 17.1 Å². The van der Waals surface area contributed by atoms with Crippen molar-refractivity contribution in [3.8, 4) is 0 Å². The standard InChI is InChI=1S/C19H22O/c1-13(2)10-16-6-5-7-17(12-16)19(20)18-11-14(3)8-9-15(18)4/h5-9,11-13H,10H2,1-4H3. The molecule has 104 valence electrons. The maximum Gasteiger partial charge on any atom is 0.193 e. The highest BCUT2D eigenvalue weighted by molar-refractivity contribution is 6.10. The molecule has 0 fully saturated rings. The lowest BCUT2D eigenvalue weighted by molar-refractivity contribution is 0.103. The van der Waals surface area contributed by atoms with Crippen LogP contribution in [0.15, 0.2) is 42.5 Å². The third-order valence-corrected chi connectivity index (χ3v) is 3.47. The van der Waals surface area contributed by atoms with Gasteiger partial charge in [0.05, 0.1) is 0 Å². The molecule has 20 heavy (non-hydrogen) atoms. The number of carbonyl (C=O) groups excluding carboxylic acids is 1. The fraction of sp³-hybridized carbons (Fsp3) is 0.316. The quantitative estimate of drug-likeness (QED) is 0.731. The molecule has 2 aromatic carbocycles. The van der Waals surface area contributed by atoms with E-state index in [2.05, 4.69) is 19.9 Å². The Balaban J connectivity index is 2.35. The molecule has 2 aromatic rings. The lowest BCUT2D eigenvalue weighted by atomic mass is 9.94. The molecule has 0 unspecified atom stereocenters. The van der Waals surface area contributed by atoms with Crippen LogP contribution in [0, 0.1) is 19.8 Å². The minimum absolute atomic E-state index is 0.122. The van der Waals surface area contributed by atoms with Crippen LogP contribution in [0.5, 0.6) is 0 Å². The average Bonchev–Trinajstić information content (AvgIpc) is 2.40. The normalized spacial score (nSPS) is 10.8. The van der Waals surface area contributed by atoms with Gasteiger partial charge < -0.3 is 0 Å². The monoisotopic (exact) mass is 266 g/mol. The Hall–Kier alpha value is -1.89. The van der Waals surface area contributed by atoms with Crippen LogP contribution in [-0.2, 0) is 6.42 Å². The first-order valence-corrected chi connectivity index (χ1v) is 7.18. The summed E-state index contributed by atoms with van der Waals surface area (Å²) in [6, 6.07) is 14.1. The third kappa shape index (κ3) is 3.36.